The monoisotopic (exact) mass is 515 g/mol. The number of hydrogen-bond acceptors (Lipinski definition) is 9. The molecule has 0 aliphatic rings. The van der Waals surface area contributed by atoms with E-state index in [2.05, 4.69) is 42.1 Å². The molecular formula is C24H33N7O2S2. The number of nitrogen functional groups attached to an aromatic ring is 1. The minimum absolute atomic E-state index is 0.680. The maximum Gasteiger partial charge on any atom is 0.127 e. The van der Waals surface area contributed by atoms with Crippen LogP contribution in [0.4, 0.5) is 5.69 Å². The Kier molecular flexibility index (Phi) is 11.6. The number of thioether (sulfide) groups is 1. The van der Waals surface area contributed by atoms with E-state index in [0.717, 1.165) is 54.3 Å². The van der Waals surface area contributed by atoms with E-state index in [-0.39, 0.29) is 0 Å². The number of H-pyrrole nitrogens is 1. The van der Waals surface area contributed by atoms with Crippen molar-refractivity contribution >= 4 is 45.2 Å². The van der Waals surface area contributed by atoms with Crippen molar-refractivity contribution < 1.29 is 9.47 Å². The van der Waals surface area contributed by atoms with Crippen LogP contribution in [0, 0.1) is 6.92 Å². The van der Waals surface area contributed by atoms with Crippen LogP contribution in [0.5, 0.6) is 0 Å². The molecular weight excluding hydrogens is 482 g/mol. The highest BCUT2D eigenvalue weighted by atomic mass is 32.2. The predicted molar refractivity (Wildman–Crippen MR) is 149 cm³/mol. The highest BCUT2D eigenvalue weighted by Crippen LogP contribution is 2.44. The van der Waals surface area contributed by atoms with E-state index < -0.39 is 0 Å². The normalized spacial score (nSPS) is 10.7. The Morgan fingerprint density at radius 1 is 1.34 bits per heavy atom. The fourth-order valence-corrected chi connectivity index (χ4v) is 5.29. The van der Waals surface area contributed by atoms with Gasteiger partial charge in [-0.15, -0.1) is 23.1 Å². The summed E-state index contributed by atoms with van der Waals surface area (Å²) in [6.07, 6.45) is 6.89. The number of anilines is 1. The number of nitrogens with one attached hydrogen (secondary N) is 1. The van der Waals surface area contributed by atoms with E-state index in [1.807, 2.05) is 26.2 Å². The number of fused-ring (bicyclic) bond motifs is 1. The zero-order chi connectivity index (χ0) is 25.8. The third-order valence-corrected chi connectivity index (χ3v) is 7.06. The number of ether oxygens (including phenoxy) is 2. The Hall–Kier alpha value is -2.99. The summed E-state index contributed by atoms with van der Waals surface area (Å²) in [6, 6.07) is 3.97. The third-order valence-electron chi connectivity index (χ3n) is 4.71. The van der Waals surface area contributed by atoms with Crippen LogP contribution in [0.2, 0.25) is 0 Å². The average Bonchev–Trinajstić information content (AvgIpc) is 3.56. The first-order valence-electron chi connectivity index (χ1n) is 10.7. The summed E-state index contributed by atoms with van der Waals surface area (Å²) >= 11 is 3.31. The van der Waals surface area contributed by atoms with E-state index in [4.69, 9.17) is 15.5 Å². The largest absolute Gasteiger partial charge is 0.397 e. The summed E-state index contributed by atoms with van der Waals surface area (Å²) in [6.45, 7) is 6.07. The topological polar surface area (TPSA) is 116 Å². The molecule has 9 nitrogen and oxygen atoms in total. The Labute approximate surface area is 214 Å². The number of aromatic amines is 1. The molecule has 0 aromatic carbocycles. The number of nitrogens with two attached hydrogens (primary N) is 1. The second-order valence-electron chi connectivity index (χ2n) is 7.15. The molecule has 188 valence electrons. The highest BCUT2D eigenvalue weighted by Gasteiger charge is 2.20. The summed E-state index contributed by atoms with van der Waals surface area (Å²) in [7, 11) is 8.67. The lowest BCUT2D eigenvalue weighted by Gasteiger charge is -2.09. The summed E-state index contributed by atoms with van der Waals surface area (Å²) < 4.78 is 12.5. The summed E-state index contributed by atoms with van der Waals surface area (Å²) in [5.74, 6) is 1.79. The molecule has 0 radical (unpaired) electrons. The van der Waals surface area contributed by atoms with Crippen LogP contribution in [0.15, 0.2) is 46.4 Å². The van der Waals surface area contributed by atoms with E-state index in [1.165, 1.54) is 0 Å². The van der Waals surface area contributed by atoms with E-state index in [9.17, 15) is 0 Å². The minimum Gasteiger partial charge on any atom is -0.397 e. The van der Waals surface area contributed by atoms with Crippen LogP contribution in [-0.2, 0) is 16.5 Å². The molecule has 0 aliphatic carbocycles. The quantitative estimate of drug-likeness (QED) is 0.205. The van der Waals surface area contributed by atoms with Gasteiger partial charge in [-0.05, 0) is 19.1 Å². The maximum atomic E-state index is 6.54. The van der Waals surface area contributed by atoms with Crippen LogP contribution >= 0.6 is 23.1 Å². The first kappa shape index (κ1) is 28.2. The second-order valence-corrected chi connectivity index (χ2v) is 9.51. The number of allylic oxidation sites excluding steroid dienone is 1. The molecule has 4 aromatic rings. The van der Waals surface area contributed by atoms with Gasteiger partial charge >= 0.3 is 0 Å². The number of aryl methyl sites for hydroxylation is 1. The first-order chi connectivity index (χ1) is 16.9. The number of aliphatic imine (C=N–C) groups is 1. The first-order valence-corrected chi connectivity index (χ1v) is 12.5. The average molecular weight is 516 g/mol. The molecule has 4 rings (SSSR count). The van der Waals surface area contributed by atoms with Crippen LogP contribution < -0.4 is 5.73 Å². The molecule has 0 bridgehead atoms. The molecule has 0 saturated heterocycles. The summed E-state index contributed by atoms with van der Waals surface area (Å²) in [5.41, 5.74) is 11.1. The van der Waals surface area contributed by atoms with Gasteiger partial charge in [-0.3, -0.25) is 10.1 Å². The number of hydrogen-bond donors (Lipinski definition) is 2. The van der Waals surface area contributed by atoms with Gasteiger partial charge in [-0.2, -0.15) is 5.10 Å². The predicted octanol–water partition coefficient (Wildman–Crippen LogP) is 4.85. The standard InChI is InChI=1S/C18H20N6OS2.C4H7N.C2H6O/c1-10-20-9-14(24(10)2)11-8-13(12-4-5-21-23-12)22-17-15(11)16(19)18(27-17)26-7-6-25-3;1-3-4-5-2;1-3-2/h4-5,8-9H,6-7,19H2,1-3H3,(H,21,23);3-4H,1H2,2H3;1-2H3. The van der Waals surface area contributed by atoms with Crippen molar-refractivity contribution in [2.75, 3.05) is 46.5 Å². The van der Waals surface area contributed by atoms with Gasteiger partial charge in [-0.25, -0.2) is 9.97 Å². The van der Waals surface area contributed by atoms with Crippen molar-refractivity contribution in [3.05, 3.63) is 43.0 Å². The van der Waals surface area contributed by atoms with Crippen LogP contribution in [-0.4, -0.2) is 71.7 Å². The van der Waals surface area contributed by atoms with Crippen molar-refractivity contribution in [1.82, 2.24) is 24.7 Å². The van der Waals surface area contributed by atoms with Gasteiger partial charge in [0.25, 0.3) is 0 Å². The van der Waals surface area contributed by atoms with E-state index in [1.54, 1.807) is 70.0 Å². The van der Waals surface area contributed by atoms with Gasteiger partial charge in [-0.1, -0.05) is 12.7 Å². The van der Waals surface area contributed by atoms with Crippen molar-refractivity contribution in [2.24, 2.45) is 12.0 Å². The number of methoxy groups -OCH3 is 2. The molecule has 0 unspecified atom stereocenters. The van der Waals surface area contributed by atoms with Crippen molar-refractivity contribution in [3.8, 4) is 22.6 Å². The molecule has 0 aliphatic heterocycles. The second kappa shape index (κ2) is 14.4. The Balaban J connectivity index is 0.000000473. The van der Waals surface area contributed by atoms with Crippen LogP contribution in [0.3, 0.4) is 0 Å². The highest BCUT2D eigenvalue weighted by molar-refractivity contribution is 8.01. The number of thiophene rings is 1. The Morgan fingerprint density at radius 2 is 2.09 bits per heavy atom. The molecule has 11 heteroatoms. The van der Waals surface area contributed by atoms with Gasteiger partial charge in [0, 0.05) is 64.5 Å². The molecule has 4 aromatic heterocycles. The molecule has 3 N–H and O–H groups in total. The van der Waals surface area contributed by atoms with Crippen LogP contribution in [0.1, 0.15) is 5.82 Å². The number of imidazole rings is 1. The fraction of sp³-hybridized carbons (Fsp3) is 0.333. The number of pyridine rings is 1. The lowest BCUT2D eigenvalue weighted by molar-refractivity contribution is 0.218. The van der Waals surface area contributed by atoms with Gasteiger partial charge in [0.05, 0.1) is 39.8 Å². The molecule has 0 atom stereocenters. The lowest BCUT2D eigenvalue weighted by atomic mass is 10.1. The van der Waals surface area contributed by atoms with Gasteiger partial charge in [0.1, 0.15) is 10.7 Å². The zero-order valence-electron chi connectivity index (χ0n) is 21.0. The smallest absolute Gasteiger partial charge is 0.127 e. The van der Waals surface area contributed by atoms with Gasteiger partial charge in [0.2, 0.25) is 0 Å². The SMILES string of the molecule is C=CC=NC.COC.COCCSc1sc2nc(-c3ccn[nH]3)cc(-c3cnc(C)n3C)c2c1N. The maximum absolute atomic E-state index is 6.54. The van der Waals surface area contributed by atoms with Gasteiger partial charge in [0.15, 0.2) is 0 Å². The Morgan fingerprint density at radius 3 is 2.60 bits per heavy atom. The zero-order valence-corrected chi connectivity index (χ0v) is 22.7. The fourth-order valence-electron chi connectivity index (χ4n) is 3.02. The molecule has 0 amide bonds. The number of rotatable bonds is 7. The Bertz CT molecular complexity index is 1230. The number of nitrogens with zero attached hydrogens (tertiary/aromatic N) is 5. The van der Waals surface area contributed by atoms with Crippen molar-refractivity contribution in [3.63, 3.8) is 0 Å². The van der Waals surface area contributed by atoms with Crippen molar-refractivity contribution in [2.45, 2.75) is 11.1 Å². The van der Waals surface area contributed by atoms with Crippen molar-refractivity contribution in [1.29, 1.82) is 0 Å². The van der Waals surface area contributed by atoms with Crippen LogP contribution in [0.25, 0.3) is 32.9 Å². The molecule has 0 saturated carbocycles. The summed E-state index contributed by atoms with van der Waals surface area (Å²) in [4.78, 5) is 13.8. The molecule has 35 heavy (non-hydrogen) atoms. The van der Waals surface area contributed by atoms with E-state index >= 15 is 0 Å². The molecule has 4 heterocycles. The lowest BCUT2D eigenvalue weighted by Crippen LogP contribution is -1.97. The molecule has 0 fully saturated rings. The number of aromatic nitrogens is 5. The third kappa shape index (κ3) is 7.25. The summed E-state index contributed by atoms with van der Waals surface area (Å²) in [5, 5.41) is 8.03. The minimum atomic E-state index is 0.680. The van der Waals surface area contributed by atoms with Gasteiger partial charge < -0.3 is 19.8 Å². The molecule has 0 spiro atoms. The van der Waals surface area contributed by atoms with E-state index in [0.29, 0.717) is 6.61 Å².